The molecule has 0 aliphatic rings. The third-order valence-electron chi connectivity index (χ3n) is 3.27. The summed E-state index contributed by atoms with van der Waals surface area (Å²) in [6, 6.07) is 5.83. The van der Waals surface area contributed by atoms with Crippen molar-refractivity contribution >= 4 is 17.2 Å². The van der Waals surface area contributed by atoms with E-state index in [9.17, 15) is 4.79 Å². The van der Waals surface area contributed by atoms with Crippen molar-refractivity contribution in [2.45, 2.75) is 6.92 Å². The molecule has 0 fully saturated rings. The topological polar surface area (TPSA) is 72.7 Å². The molecular formula is C16H15N5OS. The Bertz CT molecular complexity index is 838. The first-order valence-corrected chi connectivity index (χ1v) is 7.89. The minimum Gasteiger partial charge on any atom is -0.348 e. The number of hydrogen-bond acceptors (Lipinski definition) is 5. The van der Waals surface area contributed by atoms with Crippen molar-refractivity contribution < 1.29 is 4.79 Å². The third kappa shape index (κ3) is 3.04. The summed E-state index contributed by atoms with van der Waals surface area (Å²) < 4.78 is 1.57. The Kier molecular flexibility index (Phi) is 4.29. The zero-order valence-electron chi connectivity index (χ0n) is 12.6. The first kappa shape index (κ1) is 15.1. The van der Waals surface area contributed by atoms with Gasteiger partial charge in [0.1, 0.15) is 0 Å². The minimum atomic E-state index is -0.192. The molecule has 0 atom stereocenters. The van der Waals surface area contributed by atoms with Crippen LogP contribution in [-0.2, 0) is 0 Å². The van der Waals surface area contributed by atoms with Gasteiger partial charge in [0, 0.05) is 12.7 Å². The quantitative estimate of drug-likeness (QED) is 0.732. The van der Waals surface area contributed by atoms with Crippen LogP contribution in [-0.4, -0.2) is 32.2 Å². The van der Waals surface area contributed by atoms with Gasteiger partial charge in [0.25, 0.3) is 11.9 Å². The second-order valence-corrected chi connectivity index (χ2v) is 5.72. The Balaban J connectivity index is 1.94. The Morgan fingerprint density at radius 1 is 1.48 bits per heavy atom. The number of aromatic nitrogens is 4. The highest BCUT2D eigenvalue weighted by atomic mass is 32.1. The summed E-state index contributed by atoms with van der Waals surface area (Å²) in [6.07, 6.45) is 4.84. The highest BCUT2D eigenvalue weighted by molar-refractivity contribution is 7.13. The van der Waals surface area contributed by atoms with Gasteiger partial charge < -0.3 is 5.32 Å². The van der Waals surface area contributed by atoms with Crippen molar-refractivity contribution in [3.05, 3.63) is 59.9 Å². The molecule has 116 valence electrons. The molecule has 6 nitrogen and oxygen atoms in total. The molecule has 3 aromatic rings. The van der Waals surface area contributed by atoms with E-state index in [4.69, 9.17) is 0 Å². The maximum Gasteiger partial charge on any atom is 0.255 e. The number of amides is 1. The highest BCUT2D eigenvalue weighted by Gasteiger charge is 2.16. The van der Waals surface area contributed by atoms with Crippen LogP contribution in [0.25, 0.3) is 16.5 Å². The molecule has 0 aliphatic carbocycles. The van der Waals surface area contributed by atoms with Crippen molar-refractivity contribution in [1.29, 1.82) is 0 Å². The molecule has 3 heterocycles. The van der Waals surface area contributed by atoms with Crippen LogP contribution in [0.5, 0.6) is 0 Å². The first-order valence-electron chi connectivity index (χ1n) is 7.01. The minimum absolute atomic E-state index is 0.192. The summed E-state index contributed by atoms with van der Waals surface area (Å²) in [5.41, 5.74) is 2.02. The third-order valence-corrected chi connectivity index (χ3v) is 4.16. The molecule has 1 N–H and O–H groups in total. The zero-order chi connectivity index (χ0) is 16.2. The fourth-order valence-corrected chi connectivity index (χ4v) is 2.80. The fourth-order valence-electron chi connectivity index (χ4n) is 2.11. The molecule has 0 bridgehead atoms. The van der Waals surface area contributed by atoms with E-state index in [2.05, 4.69) is 27.0 Å². The molecule has 0 saturated carbocycles. The summed E-state index contributed by atoms with van der Waals surface area (Å²) in [5, 5.41) is 8.98. The van der Waals surface area contributed by atoms with Crippen molar-refractivity contribution in [3.63, 3.8) is 0 Å². The van der Waals surface area contributed by atoms with Crippen LogP contribution in [0.3, 0.4) is 0 Å². The summed E-state index contributed by atoms with van der Waals surface area (Å²) in [4.78, 5) is 21.9. The van der Waals surface area contributed by atoms with Gasteiger partial charge in [-0.15, -0.1) is 17.9 Å². The molecular weight excluding hydrogens is 310 g/mol. The van der Waals surface area contributed by atoms with Crippen LogP contribution in [0.15, 0.2) is 48.6 Å². The summed E-state index contributed by atoms with van der Waals surface area (Å²) >= 11 is 1.61. The largest absolute Gasteiger partial charge is 0.348 e. The molecule has 0 aliphatic heterocycles. The molecule has 1 amide bonds. The van der Waals surface area contributed by atoms with Crippen molar-refractivity contribution in [3.8, 4) is 16.5 Å². The number of nitrogens with one attached hydrogen (secondary N) is 1. The zero-order valence-corrected chi connectivity index (χ0v) is 13.4. The standard InChI is InChI=1S/C16H15N5OS/c1-3-7-17-15(22)12-10-19-21(11(12)2)16-18-8-6-13(20-16)14-5-4-9-23-14/h3-6,8-10H,1,7H2,2H3,(H,17,22). The van der Waals surface area contributed by atoms with Gasteiger partial charge in [-0.1, -0.05) is 12.1 Å². The molecule has 0 saturated heterocycles. The number of rotatable bonds is 5. The van der Waals surface area contributed by atoms with E-state index in [0.717, 1.165) is 10.6 Å². The number of carbonyl (C=O) groups is 1. The van der Waals surface area contributed by atoms with Crippen molar-refractivity contribution in [1.82, 2.24) is 25.1 Å². The number of carbonyl (C=O) groups excluding carboxylic acids is 1. The van der Waals surface area contributed by atoms with Crippen LogP contribution < -0.4 is 5.32 Å². The number of thiophene rings is 1. The molecule has 7 heteroatoms. The molecule has 0 radical (unpaired) electrons. The molecule has 0 spiro atoms. The van der Waals surface area contributed by atoms with Crippen LogP contribution >= 0.6 is 11.3 Å². The van der Waals surface area contributed by atoms with Gasteiger partial charge in [0.2, 0.25) is 0 Å². The lowest BCUT2D eigenvalue weighted by molar-refractivity contribution is 0.0957. The first-order chi connectivity index (χ1) is 11.2. The average Bonchev–Trinajstić information content (AvgIpc) is 3.22. The average molecular weight is 325 g/mol. The van der Waals surface area contributed by atoms with Crippen LogP contribution in [0.4, 0.5) is 0 Å². The van der Waals surface area contributed by atoms with Crippen molar-refractivity contribution in [2.24, 2.45) is 0 Å². The van der Waals surface area contributed by atoms with E-state index in [1.807, 2.05) is 30.5 Å². The fraction of sp³-hybridized carbons (Fsp3) is 0.125. The lowest BCUT2D eigenvalue weighted by Gasteiger charge is -2.05. The van der Waals surface area contributed by atoms with Gasteiger partial charge in [0.15, 0.2) is 0 Å². The lowest BCUT2D eigenvalue weighted by atomic mass is 10.2. The van der Waals surface area contributed by atoms with Gasteiger partial charge in [0.05, 0.1) is 28.0 Å². The van der Waals surface area contributed by atoms with E-state index >= 15 is 0 Å². The lowest BCUT2D eigenvalue weighted by Crippen LogP contribution is -2.23. The summed E-state index contributed by atoms with van der Waals surface area (Å²) in [6.45, 7) is 5.81. The molecule has 0 unspecified atom stereocenters. The Morgan fingerprint density at radius 3 is 3.09 bits per heavy atom. The monoisotopic (exact) mass is 325 g/mol. The SMILES string of the molecule is C=CCNC(=O)c1cnn(-c2nccc(-c3cccs3)n2)c1C. The highest BCUT2D eigenvalue weighted by Crippen LogP contribution is 2.23. The number of hydrogen-bond donors (Lipinski definition) is 1. The predicted molar refractivity (Wildman–Crippen MR) is 89.7 cm³/mol. The van der Waals surface area contributed by atoms with E-state index in [0.29, 0.717) is 23.8 Å². The van der Waals surface area contributed by atoms with Crippen LogP contribution in [0, 0.1) is 6.92 Å². The smallest absolute Gasteiger partial charge is 0.255 e. The van der Waals surface area contributed by atoms with Gasteiger partial charge >= 0.3 is 0 Å². The normalized spacial score (nSPS) is 10.5. The molecule has 3 aromatic heterocycles. The van der Waals surface area contributed by atoms with E-state index in [1.165, 1.54) is 6.20 Å². The summed E-state index contributed by atoms with van der Waals surface area (Å²) in [5.74, 6) is 0.249. The van der Waals surface area contributed by atoms with Crippen LogP contribution in [0.2, 0.25) is 0 Å². The maximum atomic E-state index is 12.1. The molecule has 3 rings (SSSR count). The maximum absolute atomic E-state index is 12.1. The Labute approximate surface area is 137 Å². The van der Waals surface area contributed by atoms with Gasteiger partial charge in [-0.3, -0.25) is 4.79 Å². The molecule has 0 aromatic carbocycles. The van der Waals surface area contributed by atoms with E-state index in [1.54, 1.807) is 28.3 Å². The van der Waals surface area contributed by atoms with E-state index < -0.39 is 0 Å². The molecule has 23 heavy (non-hydrogen) atoms. The van der Waals surface area contributed by atoms with Gasteiger partial charge in [-0.05, 0) is 24.4 Å². The number of nitrogens with zero attached hydrogens (tertiary/aromatic N) is 4. The second-order valence-electron chi connectivity index (χ2n) is 4.77. The predicted octanol–water partition coefficient (Wildman–Crippen LogP) is 2.62. The van der Waals surface area contributed by atoms with Gasteiger partial charge in [-0.25, -0.2) is 14.6 Å². The Morgan fingerprint density at radius 2 is 2.35 bits per heavy atom. The van der Waals surface area contributed by atoms with Gasteiger partial charge in [-0.2, -0.15) is 5.10 Å². The van der Waals surface area contributed by atoms with E-state index in [-0.39, 0.29) is 5.91 Å². The summed E-state index contributed by atoms with van der Waals surface area (Å²) in [7, 11) is 0. The Hall–Kier alpha value is -2.80. The van der Waals surface area contributed by atoms with Crippen LogP contribution in [0.1, 0.15) is 16.1 Å². The van der Waals surface area contributed by atoms with Crippen molar-refractivity contribution in [2.75, 3.05) is 6.54 Å². The second kappa shape index (κ2) is 6.53.